The Morgan fingerprint density at radius 3 is 3.04 bits per heavy atom. The maximum atomic E-state index is 11.8. The van der Waals surface area contributed by atoms with Crippen molar-refractivity contribution in [3.05, 3.63) is 17.7 Å². The molecule has 0 aliphatic carbocycles. The van der Waals surface area contributed by atoms with E-state index in [4.69, 9.17) is 15.2 Å². The number of ether oxygens (including phenoxy) is 2. The number of carbonyl (C=O) groups excluding carboxylic acids is 2. The molecule has 0 spiro atoms. The Morgan fingerprint density at radius 1 is 1.54 bits per heavy atom. The number of carbonyl (C=O) groups is 2. The van der Waals surface area contributed by atoms with Crippen molar-refractivity contribution in [2.24, 2.45) is 5.73 Å². The van der Waals surface area contributed by atoms with Crippen molar-refractivity contribution in [3.63, 3.8) is 0 Å². The predicted octanol–water partition coefficient (Wildman–Crippen LogP) is 0.827. The number of hydrogen-bond acceptors (Lipinski definition) is 6. The molecule has 0 aromatic heterocycles. The van der Waals surface area contributed by atoms with E-state index in [0.29, 0.717) is 49.7 Å². The second-order valence-corrected chi connectivity index (χ2v) is 6.30. The van der Waals surface area contributed by atoms with Gasteiger partial charge in [-0.25, -0.2) is 4.79 Å². The lowest BCUT2D eigenvalue weighted by Crippen LogP contribution is -2.49. The van der Waals surface area contributed by atoms with E-state index < -0.39 is 12.3 Å². The number of fused-ring (bicyclic) bond motifs is 1. The van der Waals surface area contributed by atoms with Gasteiger partial charge in [0.15, 0.2) is 12.5 Å². The number of nitrogens with zero attached hydrogens (tertiary/aromatic N) is 1. The van der Waals surface area contributed by atoms with Gasteiger partial charge in [0.2, 0.25) is 5.91 Å². The number of β-amino-alcohol motifs (C(OH)–C–C–N with tert-alkyl or cyclic N) is 1. The topological polar surface area (TPSA) is 126 Å². The van der Waals surface area contributed by atoms with Gasteiger partial charge >= 0.3 is 6.03 Å². The highest BCUT2D eigenvalue weighted by atomic mass is 16.6. The fraction of sp³-hybridized carbons (Fsp3) is 0.529. The first kappa shape index (κ1) is 18.4. The van der Waals surface area contributed by atoms with Crippen LogP contribution in [0.5, 0.6) is 5.75 Å². The Bertz CT molecular complexity index is 696. The van der Waals surface area contributed by atoms with Gasteiger partial charge in [0.25, 0.3) is 0 Å². The van der Waals surface area contributed by atoms with E-state index in [2.05, 4.69) is 10.6 Å². The summed E-state index contributed by atoms with van der Waals surface area (Å²) in [4.78, 5) is 25.0. The second-order valence-electron chi connectivity index (χ2n) is 6.30. The summed E-state index contributed by atoms with van der Waals surface area (Å²) in [5, 5.41) is 15.0. The van der Waals surface area contributed by atoms with E-state index in [1.54, 1.807) is 12.1 Å². The van der Waals surface area contributed by atoms with E-state index >= 15 is 0 Å². The van der Waals surface area contributed by atoms with Gasteiger partial charge in [0.05, 0.1) is 24.5 Å². The van der Waals surface area contributed by atoms with Gasteiger partial charge < -0.3 is 30.9 Å². The molecule has 1 aromatic rings. The molecule has 26 heavy (non-hydrogen) atoms. The molecule has 2 heterocycles. The van der Waals surface area contributed by atoms with Crippen LogP contribution < -0.4 is 21.1 Å². The molecular formula is C17H24N4O5. The van der Waals surface area contributed by atoms with E-state index in [9.17, 15) is 14.7 Å². The van der Waals surface area contributed by atoms with Crippen LogP contribution in [-0.4, -0.2) is 54.2 Å². The Labute approximate surface area is 151 Å². The number of urea groups is 1. The first-order valence-corrected chi connectivity index (χ1v) is 8.70. The molecule has 3 amide bonds. The zero-order valence-electron chi connectivity index (χ0n) is 14.7. The summed E-state index contributed by atoms with van der Waals surface area (Å²) in [6, 6.07) is 2.72. The van der Waals surface area contributed by atoms with Crippen molar-refractivity contribution in [1.82, 2.24) is 4.90 Å². The molecule has 9 heteroatoms. The number of aliphatic hydroxyl groups excluding tert-OH is 1. The molecule has 1 aromatic carbocycles. The number of benzene rings is 1. The molecule has 1 fully saturated rings. The summed E-state index contributed by atoms with van der Waals surface area (Å²) in [5.74, 6) is 0.522. The van der Waals surface area contributed by atoms with E-state index in [0.717, 1.165) is 12.0 Å². The quantitative estimate of drug-likeness (QED) is 0.613. The van der Waals surface area contributed by atoms with Crippen LogP contribution in [0.1, 0.15) is 25.3 Å². The number of aliphatic hydroxyl groups is 1. The number of amides is 3. The van der Waals surface area contributed by atoms with Gasteiger partial charge in [-0.3, -0.25) is 9.69 Å². The minimum absolute atomic E-state index is 0.120. The predicted molar refractivity (Wildman–Crippen MR) is 94.8 cm³/mol. The molecule has 0 saturated carbocycles. The largest absolute Gasteiger partial charge is 0.475 e. The van der Waals surface area contributed by atoms with Crippen molar-refractivity contribution < 1.29 is 24.2 Å². The summed E-state index contributed by atoms with van der Waals surface area (Å²) in [6.07, 6.45) is 0.514. The normalized spacial score (nSPS) is 21.5. The molecule has 2 aliphatic heterocycles. The van der Waals surface area contributed by atoms with Gasteiger partial charge in [0.1, 0.15) is 5.75 Å². The number of morpholine rings is 1. The second kappa shape index (κ2) is 7.90. The third-order valence-electron chi connectivity index (χ3n) is 4.49. The number of anilines is 2. The fourth-order valence-corrected chi connectivity index (χ4v) is 3.28. The summed E-state index contributed by atoms with van der Waals surface area (Å²) in [5.41, 5.74) is 7.00. The van der Waals surface area contributed by atoms with Gasteiger partial charge in [0, 0.05) is 18.5 Å². The lowest BCUT2D eigenvalue weighted by Gasteiger charge is -2.36. The van der Waals surface area contributed by atoms with Gasteiger partial charge in [-0.1, -0.05) is 6.92 Å². The SMILES string of the molecule is CCC(Oc1ccc(NC(N)=O)c2c1CCC(=O)N2)N1CCOC(O)C1. The summed E-state index contributed by atoms with van der Waals surface area (Å²) in [6.45, 7) is 3.48. The molecule has 2 unspecified atom stereocenters. The van der Waals surface area contributed by atoms with E-state index in [-0.39, 0.29) is 12.1 Å². The minimum Gasteiger partial charge on any atom is -0.475 e. The molecule has 142 valence electrons. The Balaban J connectivity index is 1.86. The molecule has 5 N–H and O–H groups in total. The molecule has 2 atom stereocenters. The molecule has 9 nitrogen and oxygen atoms in total. The van der Waals surface area contributed by atoms with Gasteiger partial charge in [-0.2, -0.15) is 0 Å². The first-order chi connectivity index (χ1) is 12.5. The van der Waals surface area contributed by atoms with Crippen LogP contribution in [0.25, 0.3) is 0 Å². The number of rotatable bonds is 5. The zero-order chi connectivity index (χ0) is 18.7. The van der Waals surface area contributed by atoms with Gasteiger partial charge in [-0.05, 0) is 25.0 Å². The lowest BCUT2D eigenvalue weighted by molar-refractivity contribution is -0.169. The summed E-state index contributed by atoms with van der Waals surface area (Å²) in [7, 11) is 0. The number of primary amides is 1. The maximum Gasteiger partial charge on any atom is 0.316 e. The minimum atomic E-state index is -0.822. The molecule has 0 radical (unpaired) electrons. The number of hydrogen-bond donors (Lipinski definition) is 4. The van der Waals surface area contributed by atoms with E-state index in [1.807, 2.05) is 11.8 Å². The third-order valence-corrected chi connectivity index (χ3v) is 4.49. The molecule has 3 rings (SSSR count). The average molecular weight is 364 g/mol. The van der Waals surface area contributed by atoms with E-state index in [1.165, 1.54) is 0 Å². The van der Waals surface area contributed by atoms with Crippen LogP contribution >= 0.6 is 0 Å². The van der Waals surface area contributed by atoms with Crippen molar-refractivity contribution in [3.8, 4) is 5.75 Å². The Hall–Kier alpha value is -2.36. The van der Waals surface area contributed by atoms with Crippen molar-refractivity contribution >= 4 is 23.3 Å². The molecule has 1 saturated heterocycles. The molecular weight excluding hydrogens is 340 g/mol. The highest BCUT2D eigenvalue weighted by Crippen LogP contribution is 2.38. The van der Waals surface area contributed by atoms with Crippen LogP contribution in [0, 0.1) is 0 Å². The zero-order valence-corrected chi connectivity index (χ0v) is 14.7. The molecule has 0 bridgehead atoms. The Kier molecular flexibility index (Phi) is 5.60. The highest BCUT2D eigenvalue weighted by molar-refractivity contribution is 6.02. The molecule has 2 aliphatic rings. The summed E-state index contributed by atoms with van der Waals surface area (Å²) < 4.78 is 11.4. The summed E-state index contributed by atoms with van der Waals surface area (Å²) >= 11 is 0. The van der Waals surface area contributed by atoms with Crippen LogP contribution in [0.2, 0.25) is 0 Å². The highest BCUT2D eigenvalue weighted by Gasteiger charge is 2.28. The maximum absolute atomic E-state index is 11.8. The van der Waals surface area contributed by atoms with Crippen molar-refractivity contribution in [1.29, 1.82) is 0 Å². The third kappa shape index (κ3) is 4.06. The van der Waals surface area contributed by atoms with Gasteiger partial charge in [-0.15, -0.1) is 0 Å². The van der Waals surface area contributed by atoms with Crippen molar-refractivity contribution in [2.75, 3.05) is 30.3 Å². The monoisotopic (exact) mass is 364 g/mol. The lowest BCUT2D eigenvalue weighted by atomic mass is 10.0. The number of nitrogens with one attached hydrogen (secondary N) is 2. The van der Waals surface area contributed by atoms with Crippen LogP contribution in [0.15, 0.2) is 12.1 Å². The van der Waals surface area contributed by atoms with Crippen LogP contribution in [0.3, 0.4) is 0 Å². The van der Waals surface area contributed by atoms with Crippen LogP contribution in [0.4, 0.5) is 16.2 Å². The van der Waals surface area contributed by atoms with Crippen molar-refractivity contribution in [2.45, 2.75) is 38.7 Å². The fourth-order valence-electron chi connectivity index (χ4n) is 3.28. The smallest absolute Gasteiger partial charge is 0.316 e. The standard InChI is InChI=1S/C17H24N4O5/c1-2-14(21-7-8-25-15(23)9-21)26-12-5-4-11(19-17(18)24)16-10(12)3-6-13(22)20-16/h4-5,14-15,23H,2-3,6-9H2,1H3,(H,20,22)(H3,18,19,24). The van der Waals surface area contributed by atoms with Crippen LogP contribution in [-0.2, 0) is 16.0 Å². The average Bonchev–Trinajstić information content (AvgIpc) is 2.60. The first-order valence-electron chi connectivity index (χ1n) is 8.70. The number of nitrogens with two attached hydrogens (primary N) is 1. The Morgan fingerprint density at radius 2 is 2.35 bits per heavy atom.